The second-order valence-corrected chi connectivity index (χ2v) is 13.4. The number of ketones is 2. The summed E-state index contributed by atoms with van der Waals surface area (Å²) in [5.41, 5.74) is 3.58. The molecule has 2 amide bonds. The highest BCUT2D eigenvalue weighted by molar-refractivity contribution is 6.25. The predicted molar refractivity (Wildman–Crippen MR) is 172 cm³/mol. The molecule has 0 spiro atoms. The number of nitrogens with two attached hydrogens (primary N) is 1. The van der Waals surface area contributed by atoms with Crippen molar-refractivity contribution in [1.82, 2.24) is 9.80 Å². The van der Waals surface area contributed by atoms with Gasteiger partial charge in [-0.3, -0.25) is 29.0 Å². The third-order valence-electron chi connectivity index (χ3n) is 10.0. The number of carbonyl (C=O) groups is 4. The molecule has 0 bridgehead atoms. The van der Waals surface area contributed by atoms with Crippen molar-refractivity contribution >= 4 is 34.8 Å². The van der Waals surface area contributed by atoms with Crippen LogP contribution in [-0.4, -0.2) is 107 Å². The number of carbonyl (C=O) groups excluding carboxylic acids is 4. The zero-order valence-corrected chi connectivity index (χ0v) is 26.6. The van der Waals surface area contributed by atoms with E-state index < -0.39 is 63.8 Å². The topological polar surface area (TPSA) is 197 Å². The summed E-state index contributed by atoms with van der Waals surface area (Å²) in [5.74, 6) is -7.92. The first kappa shape index (κ1) is 32.2. The van der Waals surface area contributed by atoms with E-state index in [-0.39, 0.29) is 41.5 Å². The van der Waals surface area contributed by atoms with E-state index in [2.05, 4.69) is 10.2 Å². The Morgan fingerprint density at radius 2 is 1.72 bits per heavy atom. The van der Waals surface area contributed by atoms with Gasteiger partial charge in [-0.1, -0.05) is 30.3 Å². The molecule has 2 aromatic carbocycles. The second kappa shape index (κ2) is 11.5. The normalized spacial score (nSPS) is 26.0. The summed E-state index contributed by atoms with van der Waals surface area (Å²) in [6.07, 6.45) is 0.125. The quantitative estimate of drug-likeness (QED) is 0.187. The van der Waals surface area contributed by atoms with Gasteiger partial charge in [0.2, 0.25) is 11.7 Å². The Bertz CT molecular complexity index is 1760. The van der Waals surface area contributed by atoms with Crippen molar-refractivity contribution in [1.29, 1.82) is 0 Å². The number of phenols is 1. The van der Waals surface area contributed by atoms with E-state index in [0.717, 1.165) is 5.56 Å². The first-order valence-electron chi connectivity index (χ1n) is 15.4. The number of amides is 2. The second-order valence-electron chi connectivity index (χ2n) is 13.4. The number of Topliss-reactive ketones (excluding diaryl/α,β-unsaturated/α-hetero) is 2. The lowest BCUT2D eigenvalue weighted by Crippen LogP contribution is -2.63. The van der Waals surface area contributed by atoms with E-state index in [0.29, 0.717) is 30.9 Å². The molecule has 13 nitrogen and oxygen atoms in total. The molecule has 1 saturated heterocycles. The summed E-state index contributed by atoms with van der Waals surface area (Å²) >= 11 is 0. The fraction of sp³-hybridized carbons (Fsp3) is 0.412. The number of aromatic hydroxyl groups is 1. The molecule has 7 N–H and O–H groups in total. The Hall–Kier alpha value is -4.72. The van der Waals surface area contributed by atoms with Crippen molar-refractivity contribution in [2.24, 2.45) is 23.5 Å². The number of hydrogen-bond acceptors (Lipinski definition) is 11. The summed E-state index contributed by atoms with van der Waals surface area (Å²) in [7, 11) is 6.68. The minimum absolute atomic E-state index is 0.0148. The van der Waals surface area contributed by atoms with Gasteiger partial charge in [0.05, 0.1) is 23.2 Å². The molecule has 2 aromatic rings. The Labute approximate surface area is 271 Å². The Morgan fingerprint density at radius 3 is 2.32 bits per heavy atom. The molecule has 6 rings (SSSR count). The van der Waals surface area contributed by atoms with Crippen LogP contribution in [0.15, 0.2) is 59.1 Å². The van der Waals surface area contributed by atoms with Gasteiger partial charge in [0.1, 0.15) is 17.1 Å². The smallest absolute Gasteiger partial charge is 0.255 e. The molecule has 4 atom stereocenters. The minimum Gasteiger partial charge on any atom is -0.510 e. The number of hydrogen-bond donors (Lipinski definition) is 6. The number of fused-ring (bicyclic) bond motifs is 3. The number of aliphatic hydroxyl groups is 3. The number of nitrogens with one attached hydrogen (secondary N) is 1. The average molecular weight is 646 g/mol. The molecule has 248 valence electrons. The third-order valence-corrected chi connectivity index (χ3v) is 10.0. The van der Waals surface area contributed by atoms with Crippen LogP contribution in [0.1, 0.15) is 27.9 Å². The lowest BCUT2D eigenvalue weighted by molar-refractivity contribution is -0.148. The maximum absolute atomic E-state index is 14.2. The third kappa shape index (κ3) is 4.96. The van der Waals surface area contributed by atoms with Gasteiger partial charge in [-0.2, -0.15) is 0 Å². The molecule has 1 unspecified atom stereocenters. The molecule has 4 aliphatic rings. The summed E-state index contributed by atoms with van der Waals surface area (Å²) in [5, 5.41) is 48.6. The largest absolute Gasteiger partial charge is 0.510 e. The van der Waals surface area contributed by atoms with E-state index in [4.69, 9.17) is 5.73 Å². The van der Waals surface area contributed by atoms with E-state index >= 15 is 0 Å². The maximum atomic E-state index is 14.2. The molecule has 0 aromatic heterocycles. The standard InChI is InChI=1S/C34H39N5O8/c1-37(2)22-12-21(36-33(46)18-14-39(15-18)13-16-8-6-5-7-9-16)27(40)24-19(22)10-17-11-20-26(38(3)4)29(42)25(32(35)45)31(44)34(20,47)30(43)23(17)28(24)41/h5-9,12,17-18,20,26,40,42-43,47H,10-11,13-15H2,1-4H3,(H2,35,45)(H,36,46)/t17-,20?,26-,34-/m0/s1. The van der Waals surface area contributed by atoms with Gasteiger partial charge in [-0.05, 0) is 50.0 Å². The van der Waals surface area contributed by atoms with E-state index in [1.165, 1.54) is 4.90 Å². The summed E-state index contributed by atoms with van der Waals surface area (Å²) in [6, 6.07) is 10.4. The van der Waals surface area contributed by atoms with Gasteiger partial charge in [0.25, 0.3) is 5.91 Å². The average Bonchev–Trinajstić information content (AvgIpc) is 2.97. The number of rotatable bonds is 7. The van der Waals surface area contributed by atoms with Gasteiger partial charge in [0, 0.05) is 50.9 Å². The van der Waals surface area contributed by atoms with Gasteiger partial charge < -0.3 is 36.4 Å². The van der Waals surface area contributed by atoms with E-state index in [1.54, 1.807) is 39.2 Å². The summed E-state index contributed by atoms with van der Waals surface area (Å²) in [4.78, 5) is 58.7. The number of phenolic OH excluding ortho intramolecular Hbond substituents is 1. The Morgan fingerprint density at radius 1 is 1.06 bits per heavy atom. The molecule has 3 aliphatic carbocycles. The predicted octanol–water partition coefficient (Wildman–Crippen LogP) is 1.26. The van der Waals surface area contributed by atoms with Gasteiger partial charge in [-0.15, -0.1) is 0 Å². The van der Waals surface area contributed by atoms with Crippen molar-refractivity contribution in [2.75, 3.05) is 51.5 Å². The first-order chi connectivity index (χ1) is 22.2. The van der Waals surface area contributed by atoms with E-state index in [9.17, 15) is 39.6 Å². The van der Waals surface area contributed by atoms with Gasteiger partial charge in [-0.25, -0.2) is 0 Å². The highest BCUT2D eigenvalue weighted by Crippen LogP contribution is 2.54. The van der Waals surface area contributed by atoms with Crippen molar-refractivity contribution in [3.05, 3.63) is 75.8 Å². The van der Waals surface area contributed by atoms with Gasteiger partial charge in [0.15, 0.2) is 17.1 Å². The Kier molecular flexibility index (Phi) is 7.89. The Balaban J connectivity index is 1.35. The van der Waals surface area contributed by atoms with Crippen molar-refractivity contribution in [2.45, 2.75) is 31.0 Å². The number of allylic oxidation sites excluding steroid dienone is 1. The first-order valence-corrected chi connectivity index (χ1v) is 15.4. The van der Waals surface area contributed by atoms with Crippen LogP contribution in [-0.2, 0) is 27.3 Å². The van der Waals surface area contributed by atoms with Crippen LogP contribution in [0, 0.1) is 17.8 Å². The fourth-order valence-electron chi connectivity index (χ4n) is 7.73. The molecule has 47 heavy (non-hydrogen) atoms. The van der Waals surface area contributed by atoms with Crippen LogP contribution in [0.3, 0.4) is 0 Å². The summed E-state index contributed by atoms with van der Waals surface area (Å²) < 4.78 is 0. The maximum Gasteiger partial charge on any atom is 0.255 e. The molecule has 0 radical (unpaired) electrons. The van der Waals surface area contributed by atoms with Crippen molar-refractivity contribution in [3.63, 3.8) is 0 Å². The zero-order chi connectivity index (χ0) is 34.1. The van der Waals surface area contributed by atoms with Crippen LogP contribution in [0.5, 0.6) is 5.75 Å². The molecule has 13 heteroatoms. The SMILES string of the molecule is CN(C)c1cc(NC(=O)C2CN(Cc3ccccc3)C2)c(O)c2c1C[C@H]1CC3[C@H](N(C)C)C(O)=C(C(N)=O)C(=O)[C@@]3(O)C(O)=C1C2=O. The number of aliphatic hydroxyl groups excluding tert-OH is 2. The fourth-order valence-corrected chi connectivity index (χ4v) is 7.73. The molecule has 1 aliphatic heterocycles. The number of anilines is 2. The number of benzene rings is 2. The number of nitrogens with zero attached hydrogens (tertiary/aromatic N) is 3. The molecule has 1 fully saturated rings. The monoisotopic (exact) mass is 645 g/mol. The lowest BCUT2D eigenvalue weighted by atomic mass is 9.58. The van der Waals surface area contributed by atoms with Crippen LogP contribution in [0.25, 0.3) is 0 Å². The number of likely N-dealkylation sites (tertiary alicyclic amines) is 1. The van der Waals surface area contributed by atoms with Crippen LogP contribution >= 0.6 is 0 Å². The zero-order valence-electron chi connectivity index (χ0n) is 26.6. The van der Waals surface area contributed by atoms with Gasteiger partial charge >= 0.3 is 0 Å². The number of primary amides is 1. The highest BCUT2D eigenvalue weighted by Gasteiger charge is 2.63. The lowest BCUT2D eigenvalue weighted by Gasteiger charge is -2.50. The molecular formula is C34H39N5O8. The number of likely N-dealkylation sites (N-methyl/N-ethyl adjacent to an activating group) is 1. The van der Waals surface area contributed by atoms with E-state index in [1.807, 2.05) is 30.3 Å². The minimum atomic E-state index is -2.73. The highest BCUT2D eigenvalue weighted by atomic mass is 16.3. The van der Waals surface area contributed by atoms with Crippen LogP contribution in [0.2, 0.25) is 0 Å². The van der Waals surface area contributed by atoms with Crippen molar-refractivity contribution in [3.8, 4) is 5.75 Å². The molecule has 0 saturated carbocycles. The van der Waals surface area contributed by atoms with Crippen LogP contribution < -0.4 is 16.0 Å². The van der Waals surface area contributed by atoms with Crippen LogP contribution in [0.4, 0.5) is 11.4 Å². The molecule has 1 heterocycles. The summed E-state index contributed by atoms with van der Waals surface area (Å²) in [6.45, 7) is 1.75. The van der Waals surface area contributed by atoms with Crippen molar-refractivity contribution < 1.29 is 39.6 Å². The molecular weight excluding hydrogens is 606 g/mol.